The van der Waals surface area contributed by atoms with Crippen LogP contribution < -0.4 is 14.4 Å². The van der Waals surface area contributed by atoms with Gasteiger partial charge in [0.1, 0.15) is 36.9 Å². The summed E-state index contributed by atoms with van der Waals surface area (Å²) in [4.78, 5) is 24.6. The van der Waals surface area contributed by atoms with Crippen LogP contribution in [0.15, 0.2) is 66.0 Å². The lowest BCUT2D eigenvalue weighted by molar-refractivity contribution is 0.144. The summed E-state index contributed by atoms with van der Waals surface area (Å²) in [7, 11) is 0. The third-order valence-corrected chi connectivity index (χ3v) is 4.22. The number of hydrogen-bond acceptors (Lipinski definition) is 7. The number of carbonyl (C=O) groups excluding carboxylic acids is 1. The summed E-state index contributed by atoms with van der Waals surface area (Å²) in [6, 6.07) is 15.9. The number of ether oxygens (including phenoxy) is 3. The first-order valence-corrected chi connectivity index (χ1v) is 9.03. The minimum Gasteiger partial charge on any atom is -0.489 e. The molecule has 0 saturated heterocycles. The smallest absolute Gasteiger partial charge is 0.414 e. The predicted octanol–water partition coefficient (Wildman–Crippen LogP) is 4.75. The zero-order valence-corrected chi connectivity index (χ0v) is 15.7. The number of carbonyl (C=O) groups is 1. The Morgan fingerprint density at radius 1 is 1.20 bits per heavy atom. The molecule has 0 N–H and O–H groups in total. The van der Waals surface area contributed by atoms with Crippen molar-refractivity contribution in [3.05, 3.63) is 76.9 Å². The van der Waals surface area contributed by atoms with Crippen LogP contribution in [0.5, 0.6) is 17.4 Å². The van der Waals surface area contributed by atoms with Gasteiger partial charge in [-0.2, -0.15) is 0 Å². The van der Waals surface area contributed by atoms with Gasteiger partial charge in [0.05, 0.1) is 12.2 Å². The van der Waals surface area contributed by atoms with Crippen molar-refractivity contribution in [2.75, 3.05) is 18.1 Å². The van der Waals surface area contributed by atoms with Gasteiger partial charge in [-0.15, -0.1) is 0 Å². The maximum Gasteiger partial charge on any atom is 0.414 e. The SMILES string of the molecule is [N-]=[N+]=Nc1cc(Oc2ccc3c(c2)OCCN3C(=O)OCc2ccccc2)ncn1. The van der Waals surface area contributed by atoms with E-state index in [0.717, 1.165) is 5.56 Å². The van der Waals surface area contributed by atoms with Crippen molar-refractivity contribution in [2.45, 2.75) is 6.61 Å². The molecule has 0 spiro atoms. The van der Waals surface area contributed by atoms with E-state index in [1.165, 1.54) is 17.3 Å². The van der Waals surface area contributed by atoms with Gasteiger partial charge in [-0.1, -0.05) is 30.3 Å². The number of azide groups is 1. The Balaban J connectivity index is 1.47. The normalized spacial score (nSPS) is 12.2. The Hall–Kier alpha value is -4.30. The molecule has 0 atom stereocenters. The second-order valence-corrected chi connectivity index (χ2v) is 6.18. The van der Waals surface area contributed by atoms with E-state index in [-0.39, 0.29) is 18.3 Å². The van der Waals surface area contributed by atoms with Crippen molar-refractivity contribution in [3.63, 3.8) is 0 Å². The van der Waals surface area contributed by atoms with Gasteiger partial charge in [-0.25, -0.2) is 14.8 Å². The molecule has 1 aliphatic rings. The zero-order valence-electron chi connectivity index (χ0n) is 15.7. The van der Waals surface area contributed by atoms with Gasteiger partial charge in [0.25, 0.3) is 0 Å². The molecule has 2 heterocycles. The van der Waals surface area contributed by atoms with E-state index in [1.807, 2.05) is 30.3 Å². The molecule has 4 rings (SSSR count). The molecular weight excluding hydrogens is 388 g/mol. The molecule has 0 radical (unpaired) electrons. The summed E-state index contributed by atoms with van der Waals surface area (Å²) in [5.74, 6) is 1.28. The Bertz CT molecular complexity index is 1100. The highest BCUT2D eigenvalue weighted by Gasteiger charge is 2.25. The van der Waals surface area contributed by atoms with Gasteiger partial charge in [0.2, 0.25) is 5.88 Å². The molecule has 0 fully saturated rings. The highest BCUT2D eigenvalue weighted by molar-refractivity contribution is 5.90. The third-order valence-electron chi connectivity index (χ3n) is 4.22. The van der Waals surface area contributed by atoms with Crippen LogP contribution in [0.3, 0.4) is 0 Å². The van der Waals surface area contributed by atoms with Crippen LogP contribution in [0.4, 0.5) is 16.3 Å². The monoisotopic (exact) mass is 404 g/mol. The summed E-state index contributed by atoms with van der Waals surface area (Å²) >= 11 is 0. The fraction of sp³-hybridized carbons (Fsp3) is 0.150. The quantitative estimate of drug-likeness (QED) is 0.344. The Morgan fingerprint density at radius 2 is 2.07 bits per heavy atom. The number of amides is 1. The maximum atomic E-state index is 12.6. The molecule has 30 heavy (non-hydrogen) atoms. The van der Waals surface area contributed by atoms with E-state index in [2.05, 4.69) is 20.0 Å². The van der Waals surface area contributed by atoms with E-state index >= 15 is 0 Å². The average Bonchev–Trinajstić information content (AvgIpc) is 2.78. The minimum atomic E-state index is -0.452. The van der Waals surface area contributed by atoms with E-state index in [9.17, 15) is 4.79 Å². The van der Waals surface area contributed by atoms with Gasteiger partial charge >= 0.3 is 6.09 Å². The average molecular weight is 404 g/mol. The molecule has 0 aliphatic carbocycles. The lowest BCUT2D eigenvalue weighted by Crippen LogP contribution is -2.38. The summed E-state index contributed by atoms with van der Waals surface area (Å²) in [5.41, 5.74) is 10.0. The molecule has 3 aromatic rings. The van der Waals surface area contributed by atoms with Gasteiger partial charge in [-0.3, -0.25) is 4.90 Å². The summed E-state index contributed by atoms with van der Waals surface area (Å²) < 4.78 is 16.8. The molecule has 1 aliphatic heterocycles. The van der Waals surface area contributed by atoms with E-state index in [4.69, 9.17) is 19.7 Å². The van der Waals surface area contributed by atoms with Gasteiger partial charge < -0.3 is 14.2 Å². The molecule has 1 aromatic heterocycles. The number of benzene rings is 2. The molecule has 10 nitrogen and oxygen atoms in total. The third kappa shape index (κ3) is 4.40. The number of anilines is 1. The lowest BCUT2D eigenvalue weighted by atomic mass is 10.2. The lowest BCUT2D eigenvalue weighted by Gasteiger charge is -2.29. The number of rotatable bonds is 5. The molecule has 2 aromatic carbocycles. The van der Waals surface area contributed by atoms with Crippen molar-refractivity contribution in [1.82, 2.24) is 9.97 Å². The van der Waals surface area contributed by atoms with E-state index in [1.54, 1.807) is 18.2 Å². The molecular formula is C20H16N6O4. The minimum absolute atomic E-state index is 0.143. The number of hydrogen-bond donors (Lipinski definition) is 0. The fourth-order valence-corrected chi connectivity index (χ4v) is 2.86. The molecule has 0 bridgehead atoms. The van der Waals surface area contributed by atoms with Crippen LogP contribution >= 0.6 is 0 Å². The first-order valence-electron chi connectivity index (χ1n) is 9.03. The predicted molar refractivity (Wildman–Crippen MR) is 107 cm³/mol. The van der Waals surface area contributed by atoms with Crippen LogP contribution in [0.2, 0.25) is 0 Å². The largest absolute Gasteiger partial charge is 0.489 e. The first kappa shape index (κ1) is 19.0. The highest BCUT2D eigenvalue weighted by Crippen LogP contribution is 2.36. The maximum absolute atomic E-state index is 12.6. The Morgan fingerprint density at radius 3 is 2.90 bits per heavy atom. The van der Waals surface area contributed by atoms with Gasteiger partial charge in [-0.05, 0) is 28.3 Å². The molecule has 150 valence electrons. The molecule has 0 saturated carbocycles. The van der Waals surface area contributed by atoms with Crippen molar-refractivity contribution in [3.8, 4) is 17.4 Å². The van der Waals surface area contributed by atoms with Crippen molar-refractivity contribution < 1.29 is 19.0 Å². The van der Waals surface area contributed by atoms with Crippen molar-refractivity contribution in [2.24, 2.45) is 5.11 Å². The molecule has 0 unspecified atom stereocenters. The second kappa shape index (κ2) is 8.80. The molecule has 10 heteroatoms. The summed E-state index contributed by atoms with van der Waals surface area (Å²) in [6.07, 6.45) is 0.783. The topological polar surface area (TPSA) is 123 Å². The van der Waals surface area contributed by atoms with Crippen LogP contribution in [0.25, 0.3) is 10.4 Å². The van der Waals surface area contributed by atoms with Gasteiger partial charge in [0.15, 0.2) is 0 Å². The number of fused-ring (bicyclic) bond motifs is 1. The van der Waals surface area contributed by atoms with E-state index in [0.29, 0.717) is 30.3 Å². The number of nitrogens with zero attached hydrogens (tertiary/aromatic N) is 6. The van der Waals surface area contributed by atoms with Crippen molar-refractivity contribution in [1.29, 1.82) is 0 Å². The summed E-state index contributed by atoms with van der Waals surface area (Å²) in [5, 5.41) is 3.41. The van der Waals surface area contributed by atoms with Crippen LogP contribution in [0, 0.1) is 0 Å². The summed E-state index contributed by atoms with van der Waals surface area (Å²) in [6.45, 7) is 0.891. The van der Waals surface area contributed by atoms with E-state index < -0.39 is 6.09 Å². The molecule has 1 amide bonds. The van der Waals surface area contributed by atoms with Crippen molar-refractivity contribution >= 4 is 17.6 Å². The van der Waals surface area contributed by atoms with Crippen LogP contribution in [-0.4, -0.2) is 29.2 Å². The first-order chi connectivity index (χ1) is 14.7. The standard InChI is InChI=1S/C20H16N6O4/c21-25-24-18-11-19(23-13-22-18)30-15-6-7-16-17(10-15)28-9-8-26(16)20(27)29-12-14-4-2-1-3-5-14/h1-7,10-11,13H,8-9,12H2. The Labute approximate surface area is 171 Å². The fourth-order valence-electron chi connectivity index (χ4n) is 2.86. The highest BCUT2D eigenvalue weighted by atomic mass is 16.6. The van der Waals surface area contributed by atoms with Gasteiger partial charge in [0, 0.05) is 17.0 Å². The zero-order chi connectivity index (χ0) is 20.8. The Kier molecular flexibility index (Phi) is 5.59. The van der Waals surface area contributed by atoms with Crippen LogP contribution in [-0.2, 0) is 11.3 Å². The van der Waals surface area contributed by atoms with Crippen LogP contribution in [0.1, 0.15) is 5.56 Å². The second-order valence-electron chi connectivity index (χ2n) is 6.18. The number of aromatic nitrogens is 2.